The lowest BCUT2D eigenvalue weighted by molar-refractivity contribution is -0.115. The fraction of sp³-hybridized carbons (Fsp3) is 0.588. The number of carbonyl (C=O) groups is 1. The molecule has 116 valence electrons. The van der Waals surface area contributed by atoms with Crippen molar-refractivity contribution < 1.29 is 4.79 Å². The molecule has 1 fully saturated rings. The van der Waals surface area contributed by atoms with Gasteiger partial charge in [0.2, 0.25) is 0 Å². The molecular weight excluding hydrogens is 328 g/mol. The topological polar surface area (TPSA) is 23.6 Å². The van der Waals surface area contributed by atoms with Crippen molar-refractivity contribution in [1.29, 1.82) is 0 Å². The first kappa shape index (κ1) is 16.7. The monoisotopic (exact) mass is 352 g/mol. The molecule has 1 aromatic rings. The zero-order chi connectivity index (χ0) is 15.4. The lowest BCUT2D eigenvalue weighted by Gasteiger charge is -2.39. The van der Waals surface area contributed by atoms with E-state index in [1.165, 1.54) is 11.1 Å². The maximum Gasteiger partial charge on any atom is 0.138 e. The smallest absolute Gasteiger partial charge is 0.138 e. The van der Waals surface area contributed by atoms with Gasteiger partial charge < -0.3 is 4.79 Å². The van der Waals surface area contributed by atoms with Crippen molar-refractivity contribution in [1.82, 2.24) is 9.80 Å². The number of carbonyl (C=O) groups excluding carboxylic acids is 1. The number of aryl methyl sites for hydroxylation is 1. The van der Waals surface area contributed by atoms with E-state index in [0.29, 0.717) is 5.92 Å². The molecule has 3 nitrogen and oxygen atoms in total. The summed E-state index contributed by atoms with van der Waals surface area (Å²) in [7, 11) is 0. The largest absolute Gasteiger partial charge is 0.302 e. The van der Waals surface area contributed by atoms with E-state index in [2.05, 4.69) is 64.7 Å². The summed E-state index contributed by atoms with van der Waals surface area (Å²) >= 11 is 3.50. The number of halogens is 1. The Morgan fingerprint density at radius 2 is 2.14 bits per heavy atom. The second kappa shape index (κ2) is 7.52. The molecule has 1 aromatic carbocycles. The Hall–Kier alpha value is -0.710. The minimum absolute atomic E-state index is 0.0144. The molecule has 1 aliphatic rings. The van der Waals surface area contributed by atoms with Crippen LogP contribution in [0.1, 0.15) is 25.0 Å². The number of hydrogen-bond donors (Lipinski definition) is 0. The summed E-state index contributed by atoms with van der Waals surface area (Å²) in [5.41, 5.74) is 2.58. The van der Waals surface area contributed by atoms with Crippen LogP contribution in [-0.2, 0) is 11.3 Å². The van der Waals surface area contributed by atoms with Gasteiger partial charge in [-0.05, 0) is 36.1 Å². The van der Waals surface area contributed by atoms with E-state index in [1.807, 2.05) is 0 Å². The van der Waals surface area contributed by atoms with Crippen LogP contribution < -0.4 is 0 Å². The summed E-state index contributed by atoms with van der Waals surface area (Å²) in [5.74, 6) is 0.651. The van der Waals surface area contributed by atoms with E-state index in [0.717, 1.165) is 43.5 Å². The summed E-state index contributed by atoms with van der Waals surface area (Å²) < 4.78 is 1.11. The number of nitrogens with zero attached hydrogens (tertiary/aromatic N) is 2. The zero-order valence-corrected chi connectivity index (χ0v) is 14.8. The van der Waals surface area contributed by atoms with Gasteiger partial charge in [-0.2, -0.15) is 0 Å². The van der Waals surface area contributed by atoms with E-state index in [-0.39, 0.29) is 6.04 Å². The summed E-state index contributed by atoms with van der Waals surface area (Å²) in [6, 6.07) is 6.38. The van der Waals surface area contributed by atoms with Gasteiger partial charge in [0.15, 0.2) is 0 Å². The van der Waals surface area contributed by atoms with Gasteiger partial charge in [-0.3, -0.25) is 9.80 Å². The summed E-state index contributed by atoms with van der Waals surface area (Å²) in [6.45, 7) is 11.4. The van der Waals surface area contributed by atoms with Gasteiger partial charge in [-0.1, -0.05) is 35.8 Å². The second-order valence-electron chi connectivity index (χ2n) is 6.40. The highest BCUT2D eigenvalue weighted by Crippen LogP contribution is 2.20. The predicted molar refractivity (Wildman–Crippen MR) is 90.4 cm³/mol. The molecule has 0 aliphatic carbocycles. The Morgan fingerprint density at radius 1 is 1.38 bits per heavy atom. The Kier molecular flexibility index (Phi) is 5.97. The number of hydrogen-bond acceptors (Lipinski definition) is 3. The third-order valence-corrected chi connectivity index (χ3v) is 4.57. The van der Waals surface area contributed by atoms with Crippen LogP contribution in [0.15, 0.2) is 22.7 Å². The highest BCUT2D eigenvalue weighted by molar-refractivity contribution is 9.10. The van der Waals surface area contributed by atoms with Crippen molar-refractivity contribution in [2.24, 2.45) is 5.92 Å². The van der Waals surface area contributed by atoms with Gasteiger partial charge in [-0.15, -0.1) is 0 Å². The highest BCUT2D eigenvalue weighted by atomic mass is 79.9. The van der Waals surface area contributed by atoms with E-state index in [4.69, 9.17) is 0 Å². The quantitative estimate of drug-likeness (QED) is 0.760. The van der Waals surface area contributed by atoms with Crippen LogP contribution in [0, 0.1) is 12.8 Å². The minimum atomic E-state index is 0.0144. The molecule has 0 saturated carbocycles. The standard InChI is InChI=1S/C17H25BrN2O/c1-13(2)9-19-6-7-20(17(11-19)12-21)10-15-4-5-16(18)8-14(15)3/h4-5,8,12-13,17H,6-7,9-11H2,1-3H3. The van der Waals surface area contributed by atoms with Crippen LogP contribution in [0.2, 0.25) is 0 Å². The fourth-order valence-corrected chi connectivity index (χ4v) is 3.45. The SMILES string of the molecule is Cc1cc(Br)ccc1CN1CCN(CC(C)C)CC1C=O. The van der Waals surface area contributed by atoms with Crippen molar-refractivity contribution in [2.75, 3.05) is 26.2 Å². The Balaban J connectivity index is 2.01. The fourth-order valence-electron chi connectivity index (χ4n) is 2.97. The van der Waals surface area contributed by atoms with Gasteiger partial charge >= 0.3 is 0 Å². The molecule has 0 bridgehead atoms. The molecule has 4 heteroatoms. The maximum atomic E-state index is 11.5. The predicted octanol–water partition coefficient (Wildman–Crippen LogP) is 3.10. The first-order valence-corrected chi connectivity index (χ1v) is 8.45. The minimum Gasteiger partial charge on any atom is -0.302 e. The van der Waals surface area contributed by atoms with E-state index >= 15 is 0 Å². The van der Waals surface area contributed by atoms with Crippen molar-refractivity contribution in [3.8, 4) is 0 Å². The molecule has 2 rings (SSSR count). The lowest BCUT2D eigenvalue weighted by atomic mass is 10.1. The molecule has 0 spiro atoms. The van der Waals surface area contributed by atoms with Crippen LogP contribution in [-0.4, -0.2) is 48.3 Å². The van der Waals surface area contributed by atoms with Crippen molar-refractivity contribution >= 4 is 22.2 Å². The van der Waals surface area contributed by atoms with E-state index in [9.17, 15) is 4.79 Å². The van der Waals surface area contributed by atoms with Gasteiger partial charge in [-0.25, -0.2) is 0 Å². The third-order valence-electron chi connectivity index (χ3n) is 4.08. The number of rotatable bonds is 5. The number of aldehydes is 1. The molecule has 0 N–H and O–H groups in total. The van der Waals surface area contributed by atoms with Gasteiger partial charge in [0.05, 0.1) is 6.04 Å². The van der Waals surface area contributed by atoms with Crippen LogP contribution >= 0.6 is 15.9 Å². The first-order chi connectivity index (χ1) is 9.99. The zero-order valence-electron chi connectivity index (χ0n) is 13.2. The van der Waals surface area contributed by atoms with Gasteiger partial charge in [0.1, 0.15) is 6.29 Å². The lowest BCUT2D eigenvalue weighted by Crippen LogP contribution is -2.54. The van der Waals surface area contributed by atoms with Crippen molar-refractivity contribution in [3.05, 3.63) is 33.8 Å². The summed E-state index contributed by atoms with van der Waals surface area (Å²) in [6.07, 6.45) is 1.11. The molecule has 21 heavy (non-hydrogen) atoms. The van der Waals surface area contributed by atoms with Gasteiger partial charge in [0.25, 0.3) is 0 Å². The summed E-state index contributed by atoms with van der Waals surface area (Å²) in [5, 5.41) is 0. The molecule has 1 atom stereocenters. The number of piperazine rings is 1. The van der Waals surface area contributed by atoms with E-state index < -0.39 is 0 Å². The number of benzene rings is 1. The molecule has 1 aliphatic heterocycles. The summed E-state index contributed by atoms with van der Waals surface area (Å²) in [4.78, 5) is 16.2. The molecule has 0 aromatic heterocycles. The Bertz CT molecular complexity index is 490. The molecule has 1 unspecified atom stereocenters. The third kappa shape index (κ3) is 4.63. The second-order valence-corrected chi connectivity index (χ2v) is 7.31. The Labute approximate surface area is 136 Å². The van der Waals surface area contributed by atoms with Crippen LogP contribution in [0.5, 0.6) is 0 Å². The van der Waals surface area contributed by atoms with Gasteiger partial charge in [0, 0.05) is 37.2 Å². The van der Waals surface area contributed by atoms with Crippen LogP contribution in [0.3, 0.4) is 0 Å². The molecular formula is C17H25BrN2O. The average Bonchev–Trinajstić information content (AvgIpc) is 2.42. The average molecular weight is 353 g/mol. The van der Waals surface area contributed by atoms with Crippen molar-refractivity contribution in [2.45, 2.75) is 33.4 Å². The van der Waals surface area contributed by atoms with Crippen molar-refractivity contribution in [3.63, 3.8) is 0 Å². The Morgan fingerprint density at radius 3 is 2.76 bits per heavy atom. The molecule has 1 saturated heterocycles. The molecule has 1 heterocycles. The molecule has 0 amide bonds. The maximum absolute atomic E-state index is 11.5. The molecule has 0 radical (unpaired) electrons. The normalized spacial score (nSPS) is 20.9. The van der Waals surface area contributed by atoms with Crippen LogP contribution in [0.25, 0.3) is 0 Å². The first-order valence-electron chi connectivity index (χ1n) is 7.66. The van der Waals surface area contributed by atoms with E-state index in [1.54, 1.807) is 0 Å². The van der Waals surface area contributed by atoms with Crippen LogP contribution in [0.4, 0.5) is 0 Å². The highest BCUT2D eigenvalue weighted by Gasteiger charge is 2.27.